The third-order valence-electron chi connectivity index (χ3n) is 7.49. The van der Waals surface area contributed by atoms with Crippen molar-refractivity contribution in [3.63, 3.8) is 0 Å². The minimum atomic E-state index is 0.196. The maximum atomic E-state index is 6.40. The second kappa shape index (κ2) is 11.0. The van der Waals surface area contributed by atoms with Gasteiger partial charge in [0.25, 0.3) is 0 Å². The SMILES string of the molecule is Cc1ccc(Cc2ccc(Cc3cccc(OCC4CO4)c3C)c(OCC3CO3)c2C)cc1OCC1CO1. The molecule has 3 aliphatic heterocycles. The average Bonchev–Trinajstić information content (AvgIpc) is 3.74. The highest BCUT2D eigenvalue weighted by Crippen LogP contribution is 2.34. The molecule has 0 aliphatic carbocycles. The Morgan fingerprint density at radius 1 is 0.632 bits per heavy atom. The molecule has 6 rings (SSSR count). The average molecular weight is 517 g/mol. The van der Waals surface area contributed by atoms with Crippen LogP contribution in [0.4, 0.5) is 0 Å². The number of hydrogen-bond donors (Lipinski definition) is 0. The monoisotopic (exact) mass is 516 g/mol. The Bertz CT molecular complexity index is 1290. The van der Waals surface area contributed by atoms with Gasteiger partial charge in [-0.25, -0.2) is 0 Å². The van der Waals surface area contributed by atoms with E-state index in [1.807, 2.05) is 6.07 Å². The first kappa shape index (κ1) is 25.2. The molecule has 3 heterocycles. The Kier molecular flexibility index (Phi) is 7.28. The summed E-state index contributed by atoms with van der Waals surface area (Å²) in [6.45, 7) is 10.5. The first-order chi connectivity index (χ1) is 18.5. The topological polar surface area (TPSA) is 65.3 Å². The van der Waals surface area contributed by atoms with E-state index in [-0.39, 0.29) is 18.3 Å². The largest absolute Gasteiger partial charge is 0.491 e. The second-order valence-corrected chi connectivity index (χ2v) is 10.6. The van der Waals surface area contributed by atoms with Crippen LogP contribution in [0.5, 0.6) is 17.2 Å². The van der Waals surface area contributed by atoms with Crippen LogP contribution in [-0.2, 0) is 27.1 Å². The van der Waals surface area contributed by atoms with E-state index in [0.717, 1.165) is 61.0 Å². The molecule has 0 N–H and O–H groups in total. The number of epoxide rings is 3. The molecule has 0 saturated carbocycles. The molecule has 3 fully saturated rings. The van der Waals surface area contributed by atoms with Crippen molar-refractivity contribution in [2.24, 2.45) is 0 Å². The summed E-state index contributed by atoms with van der Waals surface area (Å²) in [7, 11) is 0. The molecule has 3 unspecified atom stereocenters. The molecule has 3 aromatic carbocycles. The van der Waals surface area contributed by atoms with Crippen molar-refractivity contribution < 1.29 is 28.4 Å². The zero-order valence-electron chi connectivity index (χ0n) is 22.5. The summed E-state index contributed by atoms with van der Waals surface area (Å²) in [5.41, 5.74) is 8.35. The summed E-state index contributed by atoms with van der Waals surface area (Å²) in [6.07, 6.45) is 2.26. The maximum absolute atomic E-state index is 6.40. The molecule has 3 atom stereocenters. The van der Waals surface area contributed by atoms with Gasteiger partial charge in [0.05, 0.1) is 19.8 Å². The minimum Gasteiger partial charge on any atom is -0.491 e. The summed E-state index contributed by atoms with van der Waals surface area (Å²) in [4.78, 5) is 0. The highest BCUT2D eigenvalue weighted by Gasteiger charge is 2.26. The number of aryl methyl sites for hydroxylation is 1. The molecular formula is C32H36O6. The number of rotatable bonds is 13. The normalized spacial score (nSPS) is 21.2. The fourth-order valence-electron chi connectivity index (χ4n) is 4.70. The van der Waals surface area contributed by atoms with Gasteiger partial charge < -0.3 is 28.4 Å². The number of ether oxygens (including phenoxy) is 6. The van der Waals surface area contributed by atoms with Gasteiger partial charge in [-0.3, -0.25) is 0 Å². The molecule has 200 valence electrons. The molecular weight excluding hydrogens is 480 g/mol. The lowest BCUT2D eigenvalue weighted by Crippen LogP contribution is -2.10. The van der Waals surface area contributed by atoms with E-state index in [1.54, 1.807) is 0 Å². The van der Waals surface area contributed by atoms with E-state index in [9.17, 15) is 0 Å². The van der Waals surface area contributed by atoms with Gasteiger partial charge in [-0.1, -0.05) is 36.4 Å². The lowest BCUT2D eigenvalue weighted by atomic mass is 9.93. The molecule has 38 heavy (non-hydrogen) atoms. The zero-order valence-corrected chi connectivity index (χ0v) is 22.5. The third-order valence-corrected chi connectivity index (χ3v) is 7.49. The fraction of sp³-hybridized carbons (Fsp3) is 0.438. The molecule has 0 radical (unpaired) electrons. The van der Waals surface area contributed by atoms with E-state index < -0.39 is 0 Å². The molecule has 0 bridgehead atoms. The van der Waals surface area contributed by atoms with Crippen molar-refractivity contribution in [3.05, 3.63) is 87.5 Å². The van der Waals surface area contributed by atoms with Crippen LogP contribution in [0.15, 0.2) is 48.5 Å². The number of hydrogen-bond acceptors (Lipinski definition) is 6. The molecule has 3 aromatic rings. The lowest BCUT2D eigenvalue weighted by molar-refractivity contribution is 0.259. The summed E-state index contributed by atoms with van der Waals surface area (Å²) in [6, 6.07) is 17.2. The van der Waals surface area contributed by atoms with Crippen LogP contribution >= 0.6 is 0 Å². The molecule has 3 saturated heterocycles. The van der Waals surface area contributed by atoms with Gasteiger partial charge in [-0.15, -0.1) is 0 Å². The Labute approximate surface area is 224 Å². The van der Waals surface area contributed by atoms with Crippen LogP contribution in [-0.4, -0.2) is 58.0 Å². The molecule has 6 nitrogen and oxygen atoms in total. The van der Waals surface area contributed by atoms with Gasteiger partial charge in [0.2, 0.25) is 0 Å². The van der Waals surface area contributed by atoms with E-state index in [1.165, 1.54) is 27.8 Å². The Morgan fingerprint density at radius 2 is 1.24 bits per heavy atom. The predicted molar refractivity (Wildman–Crippen MR) is 145 cm³/mol. The Balaban J connectivity index is 1.23. The summed E-state index contributed by atoms with van der Waals surface area (Å²) < 4.78 is 34.5. The van der Waals surface area contributed by atoms with Crippen molar-refractivity contribution in [1.82, 2.24) is 0 Å². The van der Waals surface area contributed by atoms with E-state index in [4.69, 9.17) is 28.4 Å². The first-order valence-electron chi connectivity index (χ1n) is 13.6. The molecule has 0 aromatic heterocycles. The maximum Gasteiger partial charge on any atom is 0.126 e. The van der Waals surface area contributed by atoms with Crippen molar-refractivity contribution in [2.75, 3.05) is 39.6 Å². The van der Waals surface area contributed by atoms with Crippen LogP contribution < -0.4 is 14.2 Å². The standard InChI is InChI=1S/C32H36O6/c1-20-7-8-23(12-31(20)37-18-28-15-34-28)11-25-9-10-26(32(22(25)3)38-19-29-16-35-29)13-24-5-4-6-30(21(24)2)36-17-27-14-33-27/h4-10,12,27-29H,11,13-19H2,1-3H3. The lowest BCUT2D eigenvalue weighted by Gasteiger charge is -2.19. The molecule has 3 aliphatic rings. The molecule has 0 spiro atoms. The van der Waals surface area contributed by atoms with E-state index in [2.05, 4.69) is 63.2 Å². The fourth-order valence-corrected chi connectivity index (χ4v) is 4.70. The van der Waals surface area contributed by atoms with Gasteiger partial charge >= 0.3 is 0 Å². The summed E-state index contributed by atoms with van der Waals surface area (Å²) >= 11 is 0. The van der Waals surface area contributed by atoms with Crippen molar-refractivity contribution in [2.45, 2.75) is 51.9 Å². The second-order valence-electron chi connectivity index (χ2n) is 10.6. The minimum absolute atomic E-state index is 0.196. The van der Waals surface area contributed by atoms with Crippen molar-refractivity contribution in [3.8, 4) is 17.2 Å². The summed E-state index contributed by atoms with van der Waals surface area (Å²) in [5, 5.41) is 0. The van der Waals surface area contributed by atoms with Crippen LogP contribution in [0.2, 0.25) is 0 Å². The van der Waals surface area contributed by atoms with Crippen LogP contribution in [0.25, 0.3) is 0 Å². The summed E-state index contributed by atoms with van der Waals surface area (Å²) in [5.74, 6) is 2.82. The highest BCUT2D eigenvalue weighted by atomic mass is 16.6. The Morgan fingerprint density at radius 3 is 1.92 bits per heavy atom. The van der Waals surface area contributed by atoms with Gasteiger partial charge in [0, 0.05) is 6.42 Å². The van der Waals surface area contributed by atoms with Gasteiger partial charge in [0.1, 0.15) is 55.4 Å². The van der Waals surface area contributed by atoms with Gasteiger partial charge in [-0.05, 0) is 78.3 Å². The van der Waals surface area contributed by atoms with E-state index >= 15 is 0 Å². The Hall–Kier alpha value is -3.06. The quantitative estimate of drug-likeness (QED) is 0.294. The highest BCUT2D eigenvalue weighted by molar-refractivity contribution is 5.51. The van der Waals surface area contributed by atoms with Gasteiger partial charge in [-0.2, -0.15) is 0 Å². The van der Waals surface area contributed by atoms with E-state index in [0.29, 0.717) is 19.8 Å². The predicted octanol–water partition coefficient (Wildman–Crippen LogP) is 5.13. The molecule has 6 heteroatoms. The van der Waals surface area contributed by atoms with Crippen LogP contribution in [0.3, 0.4) is 0 Å². The van der Waals surface area contributed by atoms with Crippen LogP contribution in [0, 0.1) is 20.8 Å². The zero-order chi connectivity index (χ0) is 26.1. The van der Waals surface area contributed by atoms with Crippen molar-refractivity contribution in [1.29, 1.82) is 0 Å². The first-order valence-corrected chi connectivity index (χ1v) is 13.6. The third kappa shape index (κ3) is 6.32. The van der Waals surface area contributed by atoms with Crippen LogP contribution in [0.1, 0.15) is 38.9 Å². The molecule has 0 amide bonds. The number of benzene rings is 3. The smallest absolute Gasteiger partial charge is 0.126 e. The van der Waals surface area contributed by atoms with Crippen molar-refractivity contribution >= 4 is 0 Å². The van der Waals surface area contributed by atoms with Gasteiger partial charge in [0.15, 0.2) is 0 Å².